The zero-order valence-corrected chi connectivity index (χ0v) is 6.59. The van der Waals surface area contributed by atoms with Gasteiger partial charge in [0.2, 0.25) is 0 Å². The number of hydrogen-bond acceptors (Lipinski definition) is 4. The maximum Gasteiger partial charge on any atom is 0.343 e. The SMILES string of the molecule is CCOC(=O)C(=CN)C(C)=O. The largest absolute Gasteiger partial charge is 0.462 e. The van der Waals surface area contributed by atoms with Crippen LogP contribution in [-0.2, 0) is 14.3 Å². The Morgan fingerprint density at radius 2 is 2.09 bits per heavy atom. The van der Waals surface area contributed by atoms with Gasteiger partial charge < -0.3 is 10.5 Å². The van der Waals surface area contributed by atoms with E-state index in [-0.39, 0.29) is 18.0 Å². The summed E-state index contributed by atoms with van der Waals surface area (Å²) in [5.41, 5.74) is 4.92. The van der Waals surface area contributed by atoms with Crippen LogP contribution in [0.5, 0.6) is 0 Å². The van der Waals surface area contributed by atoms with Gasteiger partial charge in [0.25, 0.3) is 0 Å². The summed E-state index contributed by atoms with van der Waals surface area (Å²) in [6, 6.07) is 0. The van der Waals surface area contributed by atoms with E-state index >= 15 is 0 Å². The molecule has 0 saturated carbocycles. The second-order valence-electron chi connectivity index (χ2n) is 1.86. The van der Waals surface area contributed by atoms with Gasteiger partial charge in [-0.25, -0.2) is 4.79 Å². The minimum absolute atomic E-state index is 0.105. The topological polar surface area (TPSA) is 69.4 Å². The fourth-order valence-corrected chi connectivity index (χ4v) is 0.538. The summed E-state index contributed by atoms with van der Waals surface area (Å²) in [4.78, 5) is 21.5. The van der Waals surface area contributed by atoms with Crippen LogP contribution >= 0.6 is 0 Å². The van der Waals surface area contributed by atoms with E-state index in [0.29, 0.717) is 0 Å². The molecule has 0 amide bonds. The first-order chi connectivity index (χ1) is 5.13. The van der Waals surface area contributed by atoms with Gasteiger partial charge in [-0.2, -0.15) is 0 Å². The summed E-state index contributed by atoms with van der Waals surface area (Å²) in [6.07, 6.45) is 0.959. The maximum atomic E-state index is 10.8. The lowest BCUT2D eigenvalue weighted by atomic mass is 10.2. The van der Waals surface area contributed by atoms with Gasteiger partial charge in [-0.05, 0) is 13.8 Å². The fraction of sp³-hybridized carbons (Fsp3) is 0.429. The van der Waals surface area contributed by atoms with Crippen molar-refractivity contribution in [3.63, 3.8) is 0 Å². The van der Waals surface area contributed by atoms with Crippen LogP contribution in [-0.4, -0.2) is 18.4 Å². The molecule has 4 nitrogen and oxygen atoms in total. The lowest BCUT2D eigenvalue weighted by molar-refractivity contribution is -0.139. The summed E-state index contributed by atoms with van der Waals surface area (Å²) in [5, 5.41) is 0. The minimum atomic E-state index is -0.664. The average molecular weight is 157 g/mol. The molecular formula is C7H11NO3. The molecule has 11 heavy (non-hydrogen) atoms. The molecule has 0 fully saturated rings. The molecular weight excluding hydrogens is 146 g/mol. The Bertz CT molecular complexity index is 196. The van der Waals surface area contributed by atoms with Crippen LogP contribution in [0.4, 0.5) is 0 Å². The summed E-state index contributed by atoms with van der Waals surface area (Å²) in [6.45, 7) is 3.16. The van der Waals surface area contributed by atoms with Crippen molar-refractivity contribution >= 4 is 11.8 Å². The maximum absolute atomic E-state index is 10.8. The summed E-state index contributed by atoms with van der Waals surface area (Å²) in [7, 11) is 0. The zero-order valence-electron chi connectivity index (χ0n) is 6.59. The Labute approximate surface area is 65.0 Å². The Hall–Kier alpha value is -1.32. The average Bonchev–Trinajstić information content (AvgIpc) is 1.88. The monoisotopic (exact) mass is 157 g/mol. The van der Waals surface area contributed by atoms with E-state index in [0.717, 1.165) is 6.20 Å². The van der Waals surface area contributed by atoms with Gasteiger partial charge in [0, 0.05) is 6.20 Å². The molecule has 0 aliphatic heterocycles. The molecule has 0 saturated heterocycles. The van der Waals surface area contributed by atoms with Gasteiger partial charge >= 0.3 is 5.97 Å². The number of rotatable bonds is 3. The second kappa shape index (κ2) is 4.49. The molecule has 0 bridgehead atoms. The molecule has 0 spiro atoms. The Morgan fingerprint density at radius 3 is 2.36 bits per heavy atom. The van der Waals surface area contributed by atoms with Crippen LogP contribution in [0.1, 0.15) is 13.8 Å². The number of carbonyl (C=O) groups is 2. The molecule has 0 radical (unpaired) electrons. The number of ketones is 1. The molecule has 4 heteroatoms. The lowest BCUT2D eigenvalue weighted by Crippen LogP contribution is -2.14. The zero-order chi connectivity index (χ0) is 8.85. The predicted octanol–water partition coefficient (Wildman–Crippen LogP) is -0.0189. The van der Waals surface area contributed by atoms with Gasteiger partial charge in [-0.15, -0.1) is 0 Å². The van der Waals surface area contributed by atoms with Crippen LogP contribution in [0.2, 0.25) is 0 Å². The van der Waals surface area contributed by atoms with Gasteiger partial charge in [0.05, 0.1) is 6.61 Å². The van der Waals surface area contributed by atoms with Crippen molar-refractivity contribution in [3.05, 3.63) is 11.8 Å². The smallest absolute Gasteiger partial charge is 0.343 e. The van der Waals surface area contributed by atoms with E-state index in [1.807, 2.05) is 0 Å². The third kappa shape index (κ3) is 2.84. The van der Waals surface area contributed by atoms with E-state index in [9.17, 15) is 9.59 Å². The predicted molar refractivity (Wildman–Crippen MR) is 39.6 cm³/mol. The number of Topliss-reactive ketones (excluding diaryl/α,β-unsaturated/α-hetero) is 1. The van der Waals surface area contributed by atoms with Crippen molar-refractivity contribution in [3.8, 4) is 0 Å². The van der Waals surface area contributed by atoms with E-state index in [4.69, 9.17) is 5.73 Å². The first-order valence-corrected chi connectivity index (χ1v) is 3.23. The number of esters is 1. The van der Waals surface area contributed by atoms with Gasteiger partial charge in [-0.3, -0.25) is 4.79 Å². The van der Waals surface area contributed by atoms with E-state index in [1.165, 1.54) is 6.92 Å². The number of hydrogen-bond donors (Lipinski definition) is 1. The Kier molecular flexibility index (Phi) is 3.95. The summed E-state index contributed by atoms with van der Waals surface area (Å²) >= 11 is 0. The van der Waals surface area contributed by atoms with Crippen molar-refractivity contribution in [2.45, 2.75) is 13.8 Å². The molecule has 62 valence electrons. The van der Waals surface area contributed by atoms with Crippen LogP contribution in [0.15, 0.2) is 11.8 Å². The highest BCUT2D eigenvalue weighted by molar-refractivity contribution is 6.16. The molecule has 0 aliphatic rings. The molecule has 0 heterocycles. The Morgan fingerprint density at radius 1 is 1.55 bits per heavy atom. The fourth-order valence-electron chi connectivity index (χ4n) is 0.538. The van der Waals surface area contributed by atoms with Crippen molar-refractivity contribution in [1.82, 2.24) is 0 Å². The lowest BCUT2D eigenvalue weighted by Gasteiger charge is -2.00. The molecule has 0 atom stereocenters. The highest BCUT2D eigenvalue weighted by atomic mass is 16.5. The first-order valence-electron chi connectivity index (χ1n) is 3.23. The van der Waals surface area contributed by atoms with Gasteiger partial charge in [-0.1, -0.05) is 0 Å². The Balaban J connectivity index is 4.29. The molecule has 0 rings (SSSR count). The molecule has 0 unspecified atom stereocenters. The third-order valence-corrected chi connectivity index (χ3v) is 1.04. The molecule has 0 aromatic carbocycles. The quantitative estimate of drug-likeness (QED) is 0.270. The first kappa shape index (κ1) is 9.68. The molecule has 0 aliphatic carbocycles. The van der Waals surface area contributed by atoms with Gasteiger partial charge in [0.15, 0.2) is 5.78 Å². The number of carbonyl (C=O) groups excluding carboxylic acids is 2. The van der Waals surface area contributed by atoms with Crippen LogP contribution in [0.3, 0.4) is 0 Å². The van der Waals surface area contributed by atoms with Crippen LogP contribution < -0.4 is 5.73 Å². The van der Waals surface area contributed by atoms with E-state index in [1.54, 1.807) is 6.92 Å². The van der Waals surface area contributed by atoms with Crippen LogP contribution in [0.25, 0.3) is 0 Å². The van der Waals surface area contributed by atoms with Crippen LogP contribution in [0, 0.1) is 0 Å². The molecule has 2 N–H and O–H groups in total. The highest BCUT2D eigenvalue weighted by Gasteiger charge is 2.13. The van der Waals surface area contributed by atoms with E-state index in [2.05, 4.69) is 4.74 Å². The van der Waals surface area contributed by atoms with Crippen molar-refractivity contribution in [2.24, 2.45) is 5.73 Å². The van der Waals surface area contributed by atoms with Gasteiger partial charge in [0.1, 0.15) is 5.57 Å². The standard InChI is InChI=1S/C7H11NO3/c1-3-11-7(10)6(4-8)5(2)9/h4H,3,8H2,1-2H3. The van der Waals surface area contributed by atoms with Crippen molar-refractivity contribution in [1.29, 1.82) is 0 Å². The minimum Gasteiger partial charge on any atom is -0.462 e. The van der Waals surface area contributed by atoms with Crippen molar-refractivity contribution in [2.75, 3.05) is 6.61 Å². The summed E-state index contributed by atoms with van der Waals surface area (Å²) < 4.78 is 4.55. The van der Waals surface area contributed by atoms with Crippen molar-refractivity contribution < 1.29 is 14.3 Å². The number of ether oxygens (including phenoxy) is 1. The highest BCUT2D eigenvalue weighted by Crippen LogP contribution is 1.96. The van der Waals surface area contributed by atoms with E-state index < -0.39 is 5.97 Å². The molecule has 0 aromatic heterocycles. The summed E-state index contributed by atoms with van der Waals surface area (Å²) in [5.74, 6) is -1.05. The molecule has 0 aromatic rings. The number of nitrogens with two attached hydrogens (primary N) is 1. The normalized spacial score (nSPS) is 10.9. The second-order valence-corrected chi connectivity index (χ2v) is 1.86. The third-order valence-electron chi connectivity index (χ3n) is 1.04.